The van der Waals surface area contributed by atoms with Crippen LogP contribution in [0.2, 0.25) is 0 Å². The summed E-state index contributed by atoms with van der Waals surface area (Å²) in [5.74, 6) is 0.142. The van der Waals surface area contributed by atoms with Gasteiger partial charge in [0.15, 0.2) is 0 Å². The number of likely N-dealkylation sites (tertiary alicyclic amines) is 1. The Morgan fingerprint density at radius 3 is 2.13 bits per heavy atom. The normalized spacial score (nSPS) is 14.4. The summed E-state index contributed by atoms with van der Waals surface area (Å²) in [5.41, 5.74) is 15.6. The third-order valence-corrected chi connectivity index (χ3v) is 7.35. The lowest BCUT2D eigenvalue weighted by molar-refractivity contribution is 0.0931. The minimum absolute atomic E-state index is 0.214. The average molecular weight is 514 g/mol. The van der Waals surface area contributed by atoms with Crippen molar-refractivity contribution in [2.45, 2.75) is 38.6 Å². The van der Waals surface area contributed by atoms with Gasteiger partial charge in [0.2, 0.25) is 0 Å². The minimum atomic E-state index is -0.573. The van der Waals surface area contributed by atoms with Crippen LogP contribution < -0.4 is 21.7 Å². The van der Waals surface area contributed by atoms with Gasteiger partial charge in [-0.2, -0.15) is 0 Å². The number of unbranched alkanes of at least 4 members (excludes halogenated alkanes) is 1. The van der Waals surface area contributed by atoms with Gasteiger partial charge in [0, 0.05) is 18.8 Å². The van der Waals surface area contributed by atoms with E-state index in [1.807, 2.05) is 6.92 Å². The van der Waals surface area contributed by atoms with Crippen molar-refractivity contribution in [3.8, 4) is 0 Å². The molecule has 3 amide bonds. The molecule has 7 nitrogen and oxygen atoms in total. The number of nitrogen functional groups attached to an aromatic ring is 1. The van der Waals surface area contributed by atoms with E-state index in [9.17, 15) is 9.59 Å². The second-order valence-corrected chi connectivity index (χ2v) is 10.0. The van der Waals surface area contributed by atoms with Gasteiger partial charge in [-0.25, -0.2) is 4.79 Å². The molecule has 0 saturated carbocycles. The largest absolute Gasteiger partial charge is 0.399 e. The summed E-state index contributed by atoms with van der Waals surface area (Å²) >= 11 is 0. The molecule has 0 aliphatic carbocycles. The third-order valence-electron chi connectivity index (χ3n) is 7.35. The monoisotopic (exact) mass is 513 g/mol. The Morgan fingerprint density at radius 2 is 1.58 bits per heavy atom. The van der Waals surface area contributed by atoms with E-state index in [4.69, 9.17) is 11.5 Å². The summed E-state index contributed by atoms with van der Waals surface area (Å²) in [4.78, 5) is 29.4. The van der Waals surface area contributed by atoms with Gasteiger partial charge < -0.3 is 16.8 Å². The first kappa shape index (κ1) is 27.2. The molecule has 3 aromatic carbocycles. The Hall–Kier alpha value is -3.84. The Kier molecular flexibility index (Phi) is 9.38. The Labute approximate surface area is 225 Å². The number of rotatable bonds is 10. The van der Waals surface area contributed by atoms with E-state index in [1.54, 1.807) is 18.2 Å². The van der Waals surface area contributed by atoms with Crippen LogP contribution in [0.3, 0.4) is 0 Å². The van der Waals surface area contributed by atoms with Gasteiger partial charge in [-0.05, 0) is 67.6 Å². The van der Waals surface area contributed by atoms with Gasteiger partial charge in [0.25, 0.3) is 5.91 Å². The predicted molar refractivity (Wildman–Crippen MR) is 154 cm³/mol. The fraction of sp³-hybridized carbons (Fsp3) is 0.355. The lowest BCUT2D eigenvalue weighted by atomic mass is 9.91. The van der Waals surface area contributed by atoms with Crippen LogP contribution in [-0.4, -0.2) is 43.0 Å². The van der Waals surface area contributed by atoms with E-state index in [1.165, 1.54) is 16.0 Å². The summed E-state index contributed by atoms with van der Waals surface area (Å²) in [6, 6.07) is 26.0. The third kappa shape index (κ3) is 6.72. The standard InChI is InChI=1S/C31H39N5O2/c1-2-3-18-36(31(33)38)28-15-14-26(32)21-27(28)30(37)34-22-23-16-19-35(20-17-23)29(24-10-6-4-7-11-24)25-12-8-5-9-13-25/h4-15,21,23,29H,2-3,16-20,22,32H2,1H3,(H2,33,38)(H,34,37). The molecule has 4 rings (SSSR count). The molecule has 0 aromatic heterocycles. The van der Waals surface area contributed by atoms with Crippen molar-refractivity contribution in [1.82, 2.24) is 10.2 Å². The molecule has 1 aliphatic heterocycles. The first-order valence-corrected chi connectivity index (χ1v) is 13.6. The quantitative estimate of drug-likeness (QED) is 0.325. The van der Waals surface area contributed by atoms with Crippen LogP contribution in [-0.2, 0) is 0 Å². The van der Waals surface area contributed by atoms with Crippen molar-refractivity contribution in [2.75, 3.05) is 36.8 Å². The molecule has 200 valence electrons. The summed E-state index contributed by atoms with van der Waals surface area (Å²) in [6.07, 6.45) is 3.68. The molecule has 1 saturated heterocycles. The second-order valence-electron chi connectivity index (χ2n) is 10.0. The van der Waals surface area contributed by atoms with Crippen LogP contribution >= 0.6 is 0 Å². The number of benzene rings is 3. The number of hydrogen-bond acceptors (Lipinski definition) is 4. The van der Waals surface area contributed by atoms with Gasteiger partial charge in [-0.3, -0.25) is 14.6 Å². The number of piperidine rings is 1. The SMILES string of the molecule is CCCCN(C(N)=O)c1ccc(N)cc1C(=O)NCC1CCN(C(c2ccccc2)c2ccccc2)CC1. The van der Waals surface area contributed by atoms with Crippen LogP contribution in [0, 0.1) is 5.92 Å². The molecule has 1 heterocycles. The lowest BCUT2D eigenvalue weighted by Crippen LogP contribution is -2.41. The number of carbonyl (C=O) groups is 2. The predicted octanol–water partition coefficient (Wildman–Crippen LogP) is 5.19. The van der Waals surface area contributed by atoms with Crippen molar-refractivity contribution >= 4 is 23.3 Å². The van der Waals surface area contributed by atoms with Crippen LogP contribution in [0.1, 0.15) is 60.1 Å². The van der Waals surface area contributed by atoms with Crippen molar-refractivity contribution in [3.05, 3.63) is 95.6 Å². The van der Waals surface area contributed by atoms with Crippen LogP contribution in [0.5, 0.6) is 0 Å². The molecule has 0 spiro atoms. The summed E-state index contributed by atoms with van der Waals surface area (Å²) in [7, 11) is 0. The number of anilines is 2. The van der Waals surface area contributed by atoms with Gasteiger partial charge in [-0.15, -0.1) is 0 Å². The van der Waals surface area contributed by atoms with Gasteiger partial charge >= 0.3 is 6.03 Å². The number of primary amides is 1. The molecule has 0 radical (unpaired) electrons. The van der Waals surface area contributed by atoms with Crippen molar-refractivity contribution in [2.24, 2.45) is 11.7 Å². The number of urea groups is 1. The number of carbonyl (C=O) groups excluding carboxylic acids is 2. The highest BCUT2D eigenvalue weighted by Gasteiger charge is 2.28. The highest BCUT2D eigenvalue weighted by Crippen LogP contribution is 2.32. The van der Waals surface area contributed by atoms with Crippen LogP contribution in [0.15, 0.2) is 78.9 Å². The van der Waals surface area contributed by atoms with E-state index in [2.05, 4.69) is 70.9 Å². The second kappa shape index (κ2) is 13.1. The summed E-state index contributed by atoms with van der Waals surface area (Å²) in [6.45, 7) is 4.98. The van der Waals surface area contributed by atoms with Crippen molar-refractivity contribution < 1.29 is 9.59 Å². The molecule has 0 unspecified atom stereocenters. The molecule has 1 aliphatic rings. The average Bonchev–Trinajstić information content (AvgIpc) is 2.94. The summed E-state index contributed by atoms with van der Waals surface area (Å²) in [5, 5.41) is 3.10. The molecule has 1 fully saturated rings. The van der Waals surface area contributed by atoms with E-state index in [0.717, 1.165) is 38.8 Å². The molecular weight excluding hydrogens is 474 g/mol. The van der Waals surface area contributed by atoms with E-state index < -0.39 is 6.03 Å². The van der Waals surface area contributed by atoms with E-state index in [-0.39, 0.29) is 11.9 Å². The van der Waals surface area contributed by atoms with Crippen molar-refractivity contribution in [1.29, 1.82) is 0 Å². The molecule has 3 aromatic rings. The number of nitrogens with one attached hydrogen (secondary N) is 1. The highest BCUT2D eigenvalue weighted by atomic mass is 16.2. The fourth-order valence-corrected chi connectivity index (χ4v) is 5.27. The first-order chi connectivity index (χ1) is 18.5. The molecule has 0 atom stereocenters. The van der Waals surface area contributed by atoms with Gasteiger partial charge in [0.05, 0.1) is 17.3 Å². The molecule has 7 heteroatoms. The first-order valence-electron chi connectivity index (χ1n) is 13.6. The fourth-order valence-electron chi connectivity index (χ4n) is 5.27. The number of nitrogens with zero attached hydrogens (tertiary/aromatic N) is 2. The van der Waals surface area contributed by atoms with Crippen molar-refractivity contribution in [3.63, 3.8) is 0 Å². The maximum absolute atomic E-state index is 13.2. The smallest absolute Gasteiger partial charge is 0.319 e. The Morgan fingerprint density at radius 1 is 0.974 bits per heavy atom. The van der Waals surface area contributed by atoms with E-state index >= 15 is 0 Å². The molecular formula is C31H39N5O2. The molecule has 0 bridgehead atoms. The van der Waals surface area contributed by atoms with Crippen LogP contribution in [0.4, 0.5) is 16.2 Å². The van der Waals surface area contributed by atoms with Gasteiger partial charge in [-0.1, -0.05) is 74.0 Å². The van der Waals surface area contributed by atoms with Crippen LogP contribution in [0.25, 0.3) is 0 Å². The molecule has 38 heavy (non-hydrogen) atoms. The Balaban J connectivity index is 1.40. The number of hydrogen-bond donors (Lipinski definition) is 3. The van der Waals surface area contributed by atoms with Gasteiger partial charge in [0.1, 0.15) is 0 Å². The maximum atomic E-state index is 13.2. The summed E-state index contributed by atoms with van der Waals surface area (Å²) < 4.78 is 0. The number of nitrogens with two attached hydrogens (primary N) is 2. The zero-order chi connectivity index (χ0) is 26.9. The maximum Gasteiger partial charge on any atom is 0.319 e. The Bertz CT molecular complexity index is 1150. The van der Waals surface area contributed by atoms with E-state index in [0.29, 0.717) is 35.9 Å². The lowest BCUT2D eigenvalue weighted by Gasteiger charge is -2.38. The molecule has 5 N–H and O–H groups in total. The highest BCUT2D eigenvalue weighted by molar-refractivity contribution is 6.04. The minimum Gasteiger partial charge on any atom is -0.399 e. The zero-order valence-corrected chi connectivity index (χ0v) is 22.2. The zero-order valence-electron chi connectivity index (χ0n) is 22.2. The topological polar surface area (TPSA) is 105 Å². The number of amides is 3.